The van der Waals surface area contributed by atoms with E-state index in [2.05, 4.69) is 6.92 Å². The number of nitrogens with two attached hydrogens (primary N) is 1. The van der Waals surface area contributed by atoms with Crippen molar-refractivity contribution in [1.29, 1.82) is 0 Å². The number of hydrogen-bond donors (Lipinski definition) is 2. The molecule has 15 heavy (non-hydrogen) atoms. The molecule has 1 saturated carbocycles. The molecule has 0 heterocycles. The molecular formula is C12H23NO2. The maximum Gasteiger partial charge on any atom is 0.307 e. The molecule has 88 valence electrons. The van der Waals surface area contributed by atoms with Gasteiger partial charge in [0.1, 0.15) is 0 Å². The third-order valence-corrected chi connectivity index (χ3v) is 3.88. The number of aliphatic carboxylic acids is 1. The summed E-state index contributed by atoms with van der Waals surface area (Å²) in [6.07, 6.45) is 6.11. The molecule has 0 aromatic rings. The van der Waals surface area contributed by atoms with Gasteiger partial charge >= 0.3 is 5.97 Å². The number of carboxylic acids is 1. The van der Waals surface area contributed by atoms with Crippen molar-refractivity contribution in [3.05, 3.63) is 0 Å². The Labute approximate surface area is 92.0 Å². The Morgan fingerprint density at radius 1 is 1.40 bits per heavy atom. The SMILES string of the molecule is CC(CC(N)C(C)C(=O)O)C1CCCC1. The van der Waals surface area contributed by atoms with Gasteiger partial charge in [-0.05, 0) is 18.3 Å². The highest BCUT2D eigenvalue weighted by Crippen LogP contribution is 2.33. The predicted octanol–water partition coefficient (Wildman–Crippen LogP) is 2.25. The van der Waals surface area contributed by atoms with E-state index in [1.807, 2.05) is 0 Å². The maximum absolute atomic E-state index is 10.8. The molecule has 0 saturated heterocycles. The van der Waals surface area contributed by atoms with E-state index in [-0.39, 0.29) is 6.04 Å². The van der Waals surface area contributed by atoms with Gasteiger partial charge in [0.2, 0.25) is 0 Å². The van der Waals surface area contributed by atoms with Crippen LogP contribution in [0, 0.1) is 17.8 Å². The lowest BCUT2D eigenvalue weighted by Gasteiger charge is -2.24. The highest BCUT2D eigenvalue weighted by Gasteiger charge is 2.27. The molecule has 0 radical (unpaired) electrons. The molecule has 1 aliphatic rings. The fourth-order valence-corrected chi connectivity index (χ4v) is 2.54. The standard InChI is InChI=1S/C12H23NO2/c1-8(10-5-3-4-6-10)7-11(13)9(2)12(14)15/h8-11H,3-7,13H2,1-2H3,(H,14,15). The van der Waals surface area contributed by atoms with Crippen LogP contribution < -0.4 is 5.73 Å². The first-order valence-electron chi connectivity index (χ1n) is 6.00. The van der Waals surface area contributed by atoms with Gasteiger partial charge in [-0.1, -0.05) is 39.5 Å². The zero-order valence-corrected chi connectivity index (χ0v) is 9.78. The summed E-state index contributed by atoms with van der Waals surface area (Å²) in [5.41, 5.74) is 5.91. The van der Waals surface area contributed by atoms with Crippen molar-refractivity contribution in [1.82, 2.24) is 0 Å². The zero-order valence-electron chi connectivity index (χ0n) is 9.78. The summed E-state index contributed by atoms with van der Waals surface area (Å²) < 4.78 is 0. The lowest BCUT2D eigenvalue weighted by atomic mass is 9.84. The van der Waals surface area contributed by atoms with Gasteiger partial charge in [0.25, 0.3) is 0 Å². The Balaban J connectivity index is 2.36. The van der Waals surface area contributed by atoms with E-state index >= 15 is 0 Å². The molecule has 0 bridgehead atoms. The Hall–Kier alpha value is -0.570. The molecule has 3 atom stereocenters. The molecule has 1 rings (SSSR count). The average molecular weight is 213 g/mol. The first kappa shape index (κ1) is 12.5. The van der Waals surface area contributed by atoms with Gasteiger partial charge in [0.15, 0.2) is 0 Å². The normalized spacial score (nSPS) is 23.7. The minimum absolute atomic E-state index is 0.196. The van der Waals surface area contributed by atoms with Gasteiger partial charge in [0.05, 0.1) is 5.92 Å². The molecular weight excluding hydrogens is 190 g/mol. The average Bonchev–Trinajstić information content (AvgIpc) is 2.68. The second-order valence-corrected chi connectivity index (χ2v) is 5.05. The summed E-state index contributed by atoms with van der Waals surface area (Å²) >= 11 is 0. The summed E-state index contributed by atoms with van der Waals surface area (Å²) in [4.78, 5) is 10.8. The van der Waals surface area contributed by atoms with E-state index in [9.17, 15) is 4.79 Å². The van der Waals surface area contributed by atoms with Crippen LogP contribution in [0.2, 0.25) is 0 Å². The van der Waals surface area contributed by atoms with E-state index in [4.69, 9.17) is 10.8 Å². The maximum atomic E-state index is 10.8. The lowest BCUT2D eigenvalue weighted by molar-refractivity contribution is -0.141. The van der Waals surface area contributed by atoms with Crippen molar-refractivity contribution in [3.63, 3.8) is 0 Å². The Bertz CT molecular complexity index is 212. The van der Waals surface area contributed by atoms with Crippen LogP contribution in [0.15, 0.2) is 0 Å². The van der Waals surface area contributed by atoms with Gasteiger partial charge < -0.3 is 10.8 Å². The molecule has 0 aromatic carbocycles. The van der Waals surface area contributed by atoms with E-state index in [1.165, 1.54) is 25.7 Å². The molecule has 0 spiro atoms. The predicted molar refractivity (Wildman–Crippen MR) is 60.5 cm³/mol. The van der Waals surface area contributed by atoms with Crippen LogP contribution in [0.3, 0.4) is 0 Å². The summed E-state index contributed by atoms with van der Waals surface area (Å²) in [7, 11) is 0. The lowest BCUT2D eigenvalue weighted by Crippen LogP contribution is -2.35. The molecule has 3 N–H and O–H groups in total. The van der Waals surface area contributed by atoms with Crippen LogP contribution in [0.4, 0.5) is 0 Å². The third-order valence-electron chi connectivity index (χ3n) is 3.88. The number of rotatable bonds is 5. The van der Waals surface area contributed by atoms with Crippen LogP contribution in [0.5, 0.6) is 0 Å². The van der Waals surface area contributed by atoms with Crippen LogP contribution >= 0.6 is 0 Å². The topological polar surface area (TPSA) is 63.3 Å². The quantitative estimate of drug-likeness (QED) is 0.736. The van der Waals surface area contributed by atoms with Crippen molar-refractivity contribution < 1.29 is 9.90 Å². The van der Waals surface area contributed by atoms with Crippen molar-refractivity contribution >= 4 is 5.97 Å². The number of carbonyl (C=O) groups is 1. The molecule has 3 unspecified atom stereocenters. The molecule has 0 aliphatic heterocycles. The van der Waals surface area contributed by atoms with Gasteiger partial charge in [-0.15, -0.1) is 0 Å². The van der Waals surface area contributed by atoms with E-state index < -0.39 is 11.9 Å². The molecule has 1 aliphatic carbocycles. The molecule has 3 heteroatoms. The summed E-state index contributed by atoms with van der Waals surface area (Å²) in [5, 5.41) is 8.85. The first-order chi connectivity index (χ1) is 7.02. The summed E-state index contributed by atoms with van der Waals surface area (Å²) in [5.74, 6) is 0.149. The van der Waals surface area contributed by atoms with Crippen LogP contribution in [0.1, 0.15) is 46.0 Å². The number of hydrogen-bond acceptors (Lipinski definition) is 2. The van der Waals surface area contributed by atoms with Gasteiger partial charge in [0, 0.05) is 6.04 Å². The van der Waals surface area contributed by atoms with Gasteiger partial charge in [-0.25, -0.2) is 0 Å². The fraction of sp³-hybridized carbons (Fsp3) is 0.917. The molecule has 0 amide bonds. The smallest absolute Gasteiger partial charge is 0.307 e. The van der Waals surface area contributed by atoms with Crippen molar-refractivity contribution in [3.8, 4) is 0 Å². The van der Waals surface area contributed by atoms with E-state index in [0.717, 1.165) is 12.3 Å². The molecule has 1 fully saturated rings. The highest BCUT2D eigenvalue weighted by atomic mass is 16.4. The third kappa shape index (κ3) is 3.49. The fourth-order valence-electron chi connectivity index (χ4n) is 2.54. The van der Waals surface area contributed by atoms with Crippen LogP contribution in [0.25, 0.3) is 0 Å². The van der Waals surface area contributed by atoms with Crippen LogP contribution in [-0.2, 0) is 4.79 Å². The second kappa shape index (κ2) is 5.50. The largest absolute Gasteiger partial charge is 0.481 e. The van der Waals surface area contributed by atoms with Crippen molar-refractivity contribution in [2.75, 3.05) is 0 Å². The Kier molecular flexibility index (Phi) is 4.58. The highest BCUT2D eigenvalue weighted by molar-refractivity contribution is 5.70. The minimum atomic E-state index is -0.777. The van der Waals surface area contributed by atoms with Crippen molar-refractivity contribution in [2.45, 2.75) is 52.0 Å². The first-order valence-corrected chi connectivity index (χ1v) is 6.00. The monoisotopic (exact) mass is 213 g/mol. The van der Waals surface area contributed by atoms with Crippen LogP contribution in [-0.4, -0.2) is 17.1 Å². The van der Waals surface area contributed by atoms with E-state index in [1.54, 1.807) is 6.92 Å². The summed E-state index contributed by atoms with van der Waals surface area (Å²) in [6, 6.07) is -0.196. The Morgan fingerprint density at radius 3 is 2.40 bits per heavy atom. The van der Waals surface area contributed by atoms with Gasteiger partial charge in [-0.2, -0.15) is 0 Å². The summed E-state index contributed by atoms with van der Waals surface area (Å²) in [6.45, 7) is 3.92. The minimum Gasteiger partial charge on any atom is -0.481 e. The zero-order chi connectivity index (χ0) is 11.4. The molecule has 0 aromatic heterocycles. The second-order valence-electron chi connectivity index (χ2n) is 5.05. The Morgan fingerprint density at radius 2 is 1.93 bits per heavy atom. The molecule has 3 nitrogen and oxygen atoms in total. The van der Waals surface area contributed by atoms with Crippen molar-refractivity contribution in [2.24, 2.45) is 23.5 Å². The van der Waals surface area contributed by atoms with Gasteiger partial charge in [-0.3, -0.25) is 4.79 Å². The number of carboxylic acid groups (broad SMARTS) is 1. The van der Waals surface area contributed by atoms with E-state index in [0.29, 0.717) is 5.92 Å².